The van der Waals surface area contributed by atoms with Gasteiger partial charge in [-0.1, -0.05) is 18.5 Å². The summed E-state index contributed by atoms with van der Waals surface area (Å²) in [5.74, 6) is 0. The van der Waals surface area contributed by atoms with Crippen molar-refractivity contribution in [3.05, 3.63) is 28.8 Å². The van der Waals surface area contributed by atoms with E-state index in [1.54, 1.807) is 0 Å². The van der Waals surface area contributed by atoms with E-state index in [1.807, 2.05) is 19.9 Å². The van der Waals surface area contributed by atoms with E-state index in [1.165, 1.54) is 22.5 Å². The molecule has 5 nitrogen and oxygen atoms in total. The molecular weight excluding hydrogens is 312 g/mol. The van der Waals surface area contributed by atoms with Gasteiger partial charge >= 0.3 is 0 Å². The molecule has 2 rings (SSSR count). The molecule has 0 saturated carbocycles. The molecule has 0 aliphatic carbocycles. The van der Waals surface area contributed by atoms with Gasteiger partial charge in [-0.3, -0.25) is 0 Å². The fourth-order valence-corrected chi connectivity index (χ4v) is 4.51. The molecular formula is C14H17ClN2O3S. The summed E-state index contributed by atoms with van der Waals surface area (Å²) in [6.07, 6.45) is 0.627. The van der Waals surface area contributed by atoms with Gasteiger partial charge in [0, 0.05) is 11.6 Å². The quantitative estimate of drug-likeness (QED) is 0.854. The second-order valence-electron chi connectivity index (χ2n) is 5.23. The Morgan fingerprint density at radius 2 is 2.24 bits per heavy atom. The van der Waals surface area contributed by atoms with Crippen molar-refractivity contribution in [3.8, 4) is 6.07 Å². The first kappa shape index (κ1) is 16.2. The number of benzene rings is 1. The highest BCUT2D eigenvalue weighted by Gasteiger charge is 2.42. The van der Waals surface area contributed by atoms with Gasteiger partial charge in [0.05, 0.1) is 24.3 Å². The first-order valence-electron chi connectivity index (χ1n) is 6.65. The Balaban J connectivity index is 2.54. The summed E-state index contributed by atoms with van der Waals surface area (Å²) in [6.45, 7) is 4.75. The lowest BCUT2D eigenvalue weighted by Crippen LogP contribution is -2.56. The molecule has 1 aromatic carbocycles. The van der Waals surface area contributed by atoms with Gasteiger partial charge in [0.2, 0.25) is 10.0 Å². The number of hydrogen-bond donors (Lipinski definition) is 0. The maximum absolute atomic E-state index is 12.9. The average Bonchev–Trinajstić information content (AvgIpc) is 2.47. The van der Waals surface area contributed by atoms with Gasteiger partial charge in [0.25, 0.3) is 0 Å². The van der Waals surface area contributed by atoms with Gasteiger partial charge < -0.3 is 4.74 Å². The van der Waals surface area contributed by atoms with Crippen LogP contribution in [0.25, 0.3) is 0 Å². The van der Waals surface area contributed by atoms with Gasteiger partial charge in [0.15, 0.2) is 0 Å². The SMILES string of the molecule is CCC1(C)COCCN1S(=O)(=O)c1ccc(Cl)cc1C#N. The molecule has 0 N–H and O–H groups in total. The Kier molecular flexibility index (Phi) is 4.59. The van der Waals surface area contributed by atoms with Crippen molar-refractivity contribution in [2.24, 2.45) is 0 Å². The van der Waals surface area contributed by atoms with Gasteiger partial charge in [-0.25, -0.2) is 8.42 Å². The zero-order valence-corrected chi connectivity index (χ0v) is 13.5. The highest BCUT2D eigenvalue weighted by molar-refractivity contribution is 7.89. The first-order valence-corrected chi connectivity index (χ1v) is 8.47. The van der Waals surface area contributed by atoms with Crippen molar-refractivity contribution >= 4 is 21.6 Å². The van der Waals surface area contributed by atoms with E-state index < -0.39 is 15.6 Å². The van der Waals surface area contributed by atoms with Crippen LogP contribution in [0.5, 0.6) is 0 Å². The number of sulfonamides is 1. The van der Waals surface area contributed by atoms with Crippen molar-refractivity contribution in [1.29, 1.82) is 5.26 Å². The Morgan fingerprint density at radius 1 is 1.52 bits per heavy atom. The predicted molar refractivity (Wildman–Crippen MR) is 79.6 cm³/mol. The second-order valence-corrected chi connectivity index (χ2v) is 7.50. The minimum Gasteiger partial charge on any atom is -0.378 e. The van der Waals surface area contributed by atoms with Crippen molar-refractivity contribution in [3.63, 3.8) is 0 Å². The number of rotatable bonds is 3. The Labute approximate surface area is 130 Å². The average molecular weight is 329 g/mol. The third kappa shape index (κ3) is 2.92. The fourth-order valence-electron chi connectivity index (χ4n) is 2.40. The molecule has 7 heteroatoms. The maximum atomic E-state index is 12.9. The molecule has 0 radical (unpaired) electrons. The zero-order valence-electron chi connectivity index (χ0n) is 12.0. The van der Waals surface area contributed by atoms with Crippen molar-refractivity contribution < 1.29 is 13.2 Å². The number of nitriles is 1. The van der Waals surface area contributed by atoms with E-state index in [2.05, 4.69) is 0 Å². The molecule has 1 aromatic rings. The third-order valence-corrected chi connectivity index (χ3v) is 6.20. The van der Waals surface area contributed by atoms with Crippen molar-refractivity contribution in [2.75, 3.05) is 19.8 Å². The molecule has 0 amide bonds. The molecule has 1 aliphatic rings. The van der Waals surface area contributed by atoms with Crippen LogP contribution in [0.4, 0.5) is 0 Å². The largest absolute Gasteiger partial charge is 0.378 e. The third-order valence-electron chi connectivity index (χ3n) is 3.85. The minimum atomic E-state index is -3.77. The molecule has 1 saturated heterocycles. The fraction of sp³-hybridized carbons (Fsp3) is 0.500. The molecule has 114 valence electrons. The van der Waals surface area contributed by atoms with Crippen LogP contribution >= 0.6 is 11.6 Å². The summed E-state index contributed by atoms with van der Waals surface area (Å²) in [7, 11) is -3.77. The highest BCUT2D eigenvalue weighted by atomic mass is 35.5. The zero-order chi connectivity index (χ0) is 15.7. The molecule has 0 aromatic heterocycles. The molecule has 1 heterocycles. The Hall–Kier alpha value is -1.13. The van der Waals surface area contributed by atoms with E-state index in [0.29, 0.717) is 24.7 Å². The van der Waals surface area contributed by atoms with E-state index in [-0.39, 0.29) is 17.0 Å². The summed E-state index contributed by atoms with van der Waals surface area (Å²) in [5.41, 5.74) is -0.545. The highest BCUT2D eigenvalue weighted by Crippen LogP contribution is 2.32. The summed E-state index contributed by atoms with van der Waals surface area (Å²) >= 11 is 5.84. The number of nitrogens with zero attached hydrogens (tertiary/aromatic N) is 2. The Bertz CT molecular complexity index is 684. The monoisotopic (exact) mass is 328 g/mol. The number of hydrogen-bond acceptors (Lipinski definition) is 4. The first-order chi connectivity index (χ1) is 9.85. The summed E-state index contributed by atoms with van der Waals surface area (Å²) in [4.78, 5) is -0.00373. The van der Waals surface area contributed by atoms with Crippen LogP contribution in [0.15, 0.2) is 23.1 Å². The number of halogens is 1. The lowest BCUT2D eigenvalue weighted by atomic mass is 9.99. The molecule has 21 heavy (non-hydrogen) atoms. The molecule has 1 fully saturated rings. The smallest absolute Gasteiger partial charge is 0.245 e. The van der Waals surface area contributed by atoms with Crippen LogP contribution in [0.2, 0.25) is 5.02 Å². The second kappa shape index (κ2) is 5.93. The lowest BCUT2D eigenvalue weighted by Gasteiger charge is -2.42. The van der Waals surface area contributed by atoms with Crippen LogP contribution in [0, 0.1) is 11.3 Å². The van der Waals surface area contributed by atoms with Gasteiger partial charge in [0.1, 0.15) is 11.0 Å². The summed E-state index contributed by atoms with van der Waals surface area (Å²) < 4.78 is 32.7. The van der Waals surface area contributed by atoms with Gasteiger partial charge in [-0.2, -0.15) is 9.57 Å². The summed E-state index contributed by atoms with van der Waals surface area (Å²) in [5, 5.41) is 9.51. The van der Waals surface area contributed by atoms with Gasteiger partial charge in [-0.05, 0) is 31.5 Å². The van der Waals surface area contributed by atoms with Gasteiger partial charge in [-0.15, -0.1) is 0 Å². The molecule has 1 unspecified atom stereocenters. The number of ether oxygens (including phenoxy) is 1. The van der Waals surface area contributed by atoms with Crippen molar-refractivity contribution in [2.45, 2.75) is 30.7 Å². The topological polar surface area (TPSA) is 70.4 Å². The van der Waals surface area contributed by atoms with E-state index >= 15 is 0 Å². The van der Waals surface area contributed by atoms with Crippen LogP contribution < -0.4 is 0 Å². The predicted octanol–water partition coefficient (Wildman–Crippen LogP) is 2.40. The number of morpholine rings is 1. The molecule has 1 aliphatic heterocycles. The molecule has 1 atom stereocenters. The van der Waals surface area contributed by atoms with Crippen LogP contribution in [0.3, 0.4) is 0 Å². The standard InChI is InChI=1S/C14H17ClN2O3S/c1-3-14(2)10-20-7-6-17(14)21(18,19)13-5-4-12(15)8-11(13)9-16/h4-5,8H,3,6-7,10H2,1-2H3. The van der Waals surface area contributed by atoms with Crippen LogP contribution in [-0.2, 0) is 14.8 Å². The van der Waals surface area contributed by atoms with Crippen LogP contribution in [-0.4, -0.2) is 38.0 Å². The minimum absolute atomic E-state index is 0.00373. The van der Waals surface area contributed by atoms with E-state index in [9.17, 15) is 13.7 Å². The Morgan fingerprint density at radius 3 is 2.86 bits per heavy atom. The van der Waals surface area contributed by atoms with E-state index in [0.717, 1.165) is 0 Å². The lowest BCUT2D eigenvalue weighted by molar-refractivity contribution is -0.0186. The normalized spacial score (nSPS) is 23.7. The van der Waals surface area contributed by atoms with Crippen LogP contribution in [0.1, 0.15) is 25.8 Å². The molecule has 0 bridgehead atoms. The summed E-state index contributed by atoms with van der Waals surface area (Å²) in [6, 6.07) is 6.15. The maximum Gasteiger partial charge on any atom is 0.245 e. The van der Waals surface area contributed by atoms with E-state index in [4.69, 9.17) is 16.3 Å². The molecule has 0 spiro atoms. The van der Waals surface area contributed by atoms with Crippen molar-refractivity contribution in [1.82, 2.24) is 4.31 Å².